The minimum absolute atomic E-state index is 0.405. The lowest BCUT2D eigenvalue weighted by molar-refractivity contribution is -0.139. The first-order valence-corrected chi connectivity index (χ1v) is 6.58. The third-order valence-corrected chi connectivity index (χ3v) is 2.36. The predicted octanol–water partition coefficient (Wildman–Crippen LogP) is 0.126. The van der Waals surface area contributed by atoms with Gasteiger partial charge >= 0.3 is 17.8 Å². The fourth-order valence-electron chi connectivity index (χ4n) is 1.33. The molecule has 0 saturated carbocycles. The summed E-state index contributed by atoms with van der Waals surface area (Å²) in [7, 11) is 0. The molecule has 0 radical (unpaired) electrons. The number of benzene rings is 1. The van der Waals surface area contributed by atoms with E-state index >= 15 is 0 Å². The molecule has 0 aliphatic carbocycles. The molecule has 0 spiro atoms. The summed E-state index contributed by atoms with van der Waals surface area (Å²) in [6.45, 7) is 1.88. The minimum Gasteiger partial charge on any atom is -0.482 e. The van der Waals surface area contributed by atoms with Crippen LogP contribution < -0.4 is 15.5 Å². The number of amides is 2. The lowest BCUT2D eigenvalue weighted by Crippen LogP contribution is -2.38. The highest BCUT2D eigenvalue weighted by atomic mass is 16.5. The maximum absolute atomic E-state index is 11.3. The Labute approximate surface area is 127 Å². The summed E-state index contributed by atoms with van der Waals surface area (Å²) in [5.41, 5.74) is 2.75. The van der Waals surface area contributed by atoms with Crippen molar-refractivity contribution in [3.63, 3.8) is 0 Å². The molecule has 3 N–H and O–H groups in total. The highest BCUT2D eigenvalue weighted by Gasteiger charge is 2.10. The molecule has 0 fully saturated rings. The Morgan fingerprint density at radius 3 is 2.50 bits per heavy atom. The van der Waals surface area contributed by atoms with Gasteiger partial charge in [0, 0.05) is 6.54 Å². The normalized spacial score (nSPS) is 10.2. The van der Waals surface area contributed by atoms with Crippen LogP contribution in [-0.2, 0) is 14.4 Å². The van der Waals surface area contributed by atoms with Gasteiger partial charge in [-0.1, -0.05) is 6.92 Å². The van der Waals surface area contributed by atoms with Crippen LogP contribution in [-0.4, -0.2) is 42.3 Å². The molecule has 0 aliphatic rings. The second-order valence-electron chi connectivity index (χ2n) is 4.21. The molecule has 0 unspecified atom stereocenters. The van der Waals surface area contributed by atoms with Crippen molar-refractivity contribution in [1.82, 2.24) is 10.7 Å². The average Bonchev–Trinajstić information content (AvgIpc) is 2.51. The van der Waals surface area contributed by atoms with E-state index in [2.05, 4.69) is 15.8 Å². The quantitative estimate of drug-likeness (QED) is 0.376. The smallest absolute Gasteiger partial charge is 0.341 e. The van der Waals surface area contributed by atoms with Crippen LogP contribution in [0.5, 0.6) is 5.75 Å². The average molecular weight is 307 g/mol. The van der Waals surface area contributed by atoms with E-state index in [1.54, 1.807) is 24.3 Å². The third-order valence-electron chi connectivity index (χ3n) is 2.36. The maximum Gasteiger partial charge on any atom is 0.341 e. The van der Waals surface area contributed by atoms with E-state index in [9.17, 15) is 14.4 Å². The van der Waals surface area contributed by atoms with Gasteiger partial charge in [0.25, 0.3) is 0 Å². The van der Waals surface area contributed by atoms with Gasteiger partial charge in [0.15, 0.2) is 6.61 Å². The lowest BCUT2D eigenvalue weighted by atomic mass is 10.2. The number of hydrogen-bond donors (Lipinski definition) is 3. The monoisotopic (exact) mass is 307 g/mol. The summed E-state index contributed by atoms with van der Waals surface area (Å²) in [5.74, 6) is -2.24. The first kappa shape index (κ1) is 17.2. The van der Waals surface area contributed by atoms with Crippen LogP contribution in [0.15, 0.2) is 29.4 Å². The van der Waals surface area contributed by atoms with Crippen molar-refractivity contribution in [3.8, 4) is 5.75 Å². The van der Waals surface area contributed by atoms with Crippen molar-refractivity contribution in [1.29, 1.82) is 0 Å². The molecule has 0 aromatic heterocycles. The fraction of sp³-hybridized carbons (Fsp3) is 0.286. The van der Waals surface area contributed by atoms with E-state index in [0.717, 1.165) is 6.42 Å². The lowest BCUT2D eigenvalue weighted by Gasteiger charge is -2.03. The minimum atomic E-state index is -1.06. The van der Waals surface area contributed by atoms with E-state index in [4.69, 9.17) is 9.84 Å². The molecule has 2 amide bonds. The van der Waals surface area contributed by atoms with Gasteiger partial charge in [0.1, 0.15) is 5.75 Å². The molecule has 118 valence electrons. The molecule has 1 aromatic rings. The number of ether oxygens (including phenoxy) is 1. The van der Waals surface area contributed by atoms with E-state index in [1.165, 1.54) is 6.21 Å². The standard InChI is InChI=1S/C14H17N3O5/c1-2-7-15-13(20)14(21)17-16-8-10-3-5-11(6-4-10)22-9-12(18)19/h3-6,8H,2,7,9H2,1H3,(H,15,20)(H,17,21)(H,18,19)/b16-8-. The number of rotatable bonds is 7. The fourth-order valence-corrected chi connectivity index (χ4v) is 1.33. The Balaban J connectivity index is 2.44. The number of hydrazone groups is 1. The Hall–Kier alpha value is -2.90. The van der Waals surface area contributed by atoms with Crippen molar-refractivity contribution < 1.29 is 24.2 Å². The van der Waals surface area contributed by atoms with Gasteiger partial charge in [0.2, 0.25) is 0 Å². The number of carbonyl (C=O) groups excluding carboxylic acids is 2. The van der Waals surface area contributed by atoms with Crippen molar-refractivity contribution in [2.75, 3.05) is 13.2 Å². The Morgan fingerprint density at radius 1 is 1.23 bits per heavy atom. The van der Waals surface area contributed by atoms with E-state index in [-0.39, 0.29) is 0 Å². The second-order valence-corrected chi connectivity index (χ2v) is 4.21. The topological polar surface area (TPSA) is 117 Å². The van der Waals surface area contributed by atoms with Gasteiger partial charge in [-0.25, -0.2) is 10.2 Å². The highest BCUT2D eigenvalue weighted by molar-refractivity contribution is 6.35. The summed E-state index contributed by atoms with van der Waals surface area (Å²) in [5, 5.41) is 14.6. The second kappa shape index (κ2) is 9.11. The number of nitrogens with zero attached hydrogens (tertiary/aromatic N) is 1. The van der Waals surface area contributed by atoms with Crippen molar-refractivity contribution in [2.24, 2.45) is 5.10 Å². The largest absolute Gasteiger partial charge is 0.482 e. The van der Waals surface area contributed by atoms with Crippen LogP contribution in [0.3, 0.4) is 0 Å². The zero-order valence-electron chi connectivity index (χ0n) is 12.0. The van der Waals surface area contributed by atoms with E-state index in [1.807, 2.05) is 6.92 Å². The first-order chi connectivity index (χ1) is 10.5. The Kier molecular flexibility index (Phi) is 7.10. The van der Waals surface area contributed by atoms with Gasteiger partial charge in [-0.3, -0.25) is 9.59 Å². The molecule has 8 nitrogen and oxygen atoms in total. The van der Waals surface area contributed by atoms with Gasteiger partial charge in [0.05, 0.1) is 6.21 Å². The number of hydrogen-bond acceptors (Lipinski definition) is 5. The van der Waals surface area contributed by atoms with Crippen LogP contribution in [0.1, 0.15) is 18.9 Å². The molecule has 0 atom stereocenters. The van der Waals surface area contributed by atoms with E-state index in [0.29, 0.717) is 17.9 Å². The molecule has 0 heterocycles. The number of carboxylic acids is 1. The van der Waals surface area contributed by atoms with E-state index < -0.39 is 24.4 Å². The van der Waals surface area contributed by atoms with Crippen molar-refractivity contribution in [3.05, 3.63) is 29.8 Å². The summed E-state index contributed by atoms with van der Waals surface area (Å²) in [6.07, 6.45) is 2.09. The molecule has 0 aliphatic heterocycles. The van der Waals surface area contributed by atoms with Crippen molar-refractivity contribution >= 4 is 24.0 Å². The summed E-state index contributed by atoms with van der Waals surface area (Å²) >= 11 is 0. The zero-order valence-corrected chi connectivity index (χ0v) is 12.0. The van der Waals surface area contributed by atoms with Crippen LogP contribution in [0.4, 0.5) is 0 Å². The molecular formula is C14H17N3O5. The molecule has 1 rings (SSSR count). The zero-order chi connectivity index (χ0) is 16.4. The molecule has 0 bridgehead atoms. The Bertz CT molecular complexity index is 554. The molecule has 8 heteroatoms. The van der Waals surface area contributed by atoms with Gasteiger partial charge in [-0.2, -0.15) is 5.10 Å². The summed E-state index contributed by atoms with van der Waals surface area (Å²) < 4.78 is 4.97. The van der Waals surface area contributed by atoms with Crippen LogP contribution in [0.2, 0.25) is 0 Å². The van der Waals surface area contributed by atoms with Gasteiger partial charge in [-0.05, 0) is 36.2 Å². The first-order valence-electron chi connectivity index (χ1n) is 6.58. The number of nitrogens with one attached hydrogen (secondary N) is 2. The molecular weight excluding hydrogens is 290 g/mol. The molecule has 1 aromatic carbocycles. The number of aliphatic carboxylic acids is 1. The highest BCUT2D eigenvalue weighted by Crippen LogP contribution is 2.10. The van der Waals surface area contributed by atoms with Gasteiger partial charge < -0.3 is 15.2 Å². The summed E-state index contributed by atoms with van der Waals surface area (Å²) in [6, 6.07) is 6.40. The maximum atomic E-state index is 11.3. The van der Waals surface area contributed by atoms with Crippen LogP contribution >= 0.6 is 0 Å². The SMILES string of the molecule is CCCNC(=O)C(=O)N/N=C\c1ccc(OCC(=O)O)cc1. The van der Waals surface area contributed by atoms with Gasteiger partial charge in [-0.15, -0.1) is 0 Å². The van der Waals surface area contributed by atoms with Crippen LogP contribution in [0, 0.1) is 0 Å². The number of carboxylic acid groups (broad SMARTS) is 1. The van der Waals surface area contributed by atoms with Crippen molar-refractivity contribution in [2.45, 2.75) is 13.3 Å². The third kappa shape index (κ3) is 6.51. The Morgan fingerprint density at radius 2 is 1.91 bits per heavy atom. The molecule has 0 saturated heterocycles. The predicted molar refractivity (Wildman–Crippen MR) is 78.6 cm³/mol. The summed E-state index contributed by atoms with van der Waals surface area (Å²) in [4.78, 5) is 32.9. The molecule has 22 heavy (non-hydrogen) atoms. The van der Waals surface area contributed by atoms with Crippen LogP contribution in [0.25, 0.3) is 0 Å². The number of carbonyl (C=O) groups is 3.